The zero-order chi connectivity index (χ0) is 21.6. The van der Waals surface area contributed by atoms with Crippen LogP contribution in [0.3, 0.4) is 0 Å². The minimum atomic E-state index is -0.0482. The molecule has 1 aromatic heterocycles. The lowest BCUT2D eigenvalue weighted by molar-refractivity contribution is 0.0943. The van der Waals surface area contributed by atoms with Gasteiger partial charge in [0.1, 0.15) is 5.69 Å². The van der Waals surface area contributed by atoms with Crippen molar-refractivity contribution >= 4 is 40.2 Å². The molecule has 31 heavy (non-hydrogen) atoms. The van der Waals surface area contributed by atoms with Crippen LogP contribution in [0.1, 0.15) is 49.0 Å². The number of para-hydroxylation sites is 1. The van der Waals surface area contributed by atoms with Gasteiger partial charge in [0.2, 0.25) is 0 Å². The predicted molar refractivity (Wildman–Crippen MR) is 130 cm³/mol. The van der Waals surface area contributed by atoms with Crippen molar-refractivity contribution in [2.24, 2.45) is 0 Å². The molecule has 1 aliphatic carbocycles. The van der Waals surface area contributed by atoms with Crippen molar-refractivity contribution in [2.75, 3.05) is 20.1 Å². The molecule has 164 valence electrons. The maximum atomic E-state index is 13.0. The fraction of sp³-hybridized carbons (Fsp3) is 0.400. The molecule has 0 unspecified atom stereocenters. The van der Waals surface area contributed by atoms with E-state index >= 15 is 0 Å². The number of hydrogen-bond acceptors (Lipinski definition) is 3. The molecule has 4 rings (SSSR count). The molecular weight excluding hydrogens is 426 g/mol. The Morgan fingerprint density at radius 1 is 1.13 bits per heavy atom. The number of amides is 1. The number of aromatic amines is 1. The van der Waals surface area contributed by atoms with Crippen molar-refractivity contribution in [1.82, 2.24) is 15.2 Å². The lowest BCUT2D eigenvalue weighted by atomic mass is 9.94. The number of fused-ring (bicyclic) bond motifs is 1. The summed E-state index contributed by atoms with van der Waals surface area (Å²) in [6.45, 7) is 1.69. The van der Waals surface area contributed by atoms with Crippen LogP contribution < -0.4 is 5.32 Å². The van der Waals surface area contributed by atoms with Gasteiger partial charge >= 0.3 is 0 Å². The molecule has 3 aromatic rings. The van der Waals surface area contributed by atoms with Crippen LogP contribution in [0, 0.1) is 0 Å². The number of hydrogen-bond donors (Lipinski definition) is 2. The molecule has 1 aliphatic rings. The molecule has 0 spiro atoms. The molecule has 2 N–H and O–H groups in total. The summed E-state index contributed by atoms with van der Waals surface area (Å²) in [5.74, 6) is -0.0482. The topological polar surface area (TPSA) is 48.1 Å². The van der Waals surface area contributed by atoms with Crippen LogP contribution in [0.25, 0.3) is 10.9 Å². The third-order valence-corrected chi connectivity index (χ3v) is 7.48. The molecule has 1 amide bonds. The van der Waals surface area contributed by atoms with Crippen molar-refractivity contribution in [3.8, 4) is 0 Å². The van der Waals surface area contributed by atoms with Crippen molar-refractivity contribution < 1.29 is 4.79 Å². The number of halogens is 1. The Morgan fingerprint density at radius 2 is 1.87 bits per heavy atom. The number of carbonyl (C=O) groups is 1. The van der Waals surface area contributed by atoms with Gasteiger partial charge in [0, 0.05) is 33.4 Å². The Labute approximate surface area is 193 Å². The van der Waals surface area contributed by atoms with E-state index in [9.17, 15) is 4.79 Å². The second-order valence-electron chi connectivity index (χ2n) is 8.31. The van der Waals surface area contributed by atoms with Crippen molar-refractivity contribution in [3.05, 3.63) is 59.2 Å². The third-order valence-electron chi connectivity index (χ3n) is 6.09. The van der Waals surface area contributed by atoms with Crippen molar-refractivity contribution in [3.63, 3.8) is 0 Å². The highest BCUT2D eigenvalue weighted by atomic mass is 35.5. The number of nitrogens with zero attached hydrogens (tertiary/aromatic N) is 1. The molecule has 0 aliphatic heterocycles. The molecule has 1 fully saturated rings. The highest BCUT2D eigenvalue weighted by molar-refractivity contribution is 7.99. The van der Waals surface area contributed by atoms with Gasteiger partial charge in [-0.2, -0.15) is 0 Å². The zero-order valence-corrected chi connectivity index (χ0v) is 19.6. The summed E-state index contributed by atoms with van der Waals surface area (Å²) in [5, 5.41) is 4.89. The van der Waals surface area contributed by atoms with Gasteiger partial charge in [0.05, 0.1) is 4.90 Å². The molecule has 0 saturated heterocycles. The van der Waals surface area contributed by atoms with Crippen LogP contribution in [0.5, 0.6) is 0 Å². The van der Waals surface area contributed by atoms with Crippen molar-refractivity contribution in [1.29, 1.82) is 0 Å². The number of H-pyrrole nitrogens is 1. The summed E-state index contributed by atoms with van der Waals surface area (Å²) in [6, 6.07) is 16.5. The summed E-state index contributed by atoms with van der Waals surface area (Å²) < 4.78 is 0. The van der Waals surface area contributed by atoms with Gasteiger partial charge in [-0.1, -0.05) is 60.8 Å². The Hall–Kier alpha value is -1.95. The molecule has 1 saturated carbocycles. The zero-order valence-electron chi connectivity index (χ0n) is 18.0. The molecular formula is C25H30ClN3OS. The standard InChI is InChI=1S/C25H30ClN3OS/c1-29(19-8-3-2-4-9-19)17-7-16-27-25(30)23-24(21-10-5-6-11-22(21)28-23)31-20-14-12-18(26)13-15-20/h5-6,10-15,19,28H,2-4,7-9,16-17H2,1H3,(H,27,30). The molecule has 4 nitrogen and oxygen atoms in total. The lowest BCUT2D eigenvalue weighted by Gasteiger charge is -2.31. The maximum Gasteiger partial charge on any atom is 0.268 e. The van der Waals surface area contributed by atoms with Crippen LogP contribution in [0.4, 0.5) is 0 Å². The highest BCUT2D eigenvalue weighted by Crippen LogP contribution is 2.37. The minimum absolute atomic E-state index is 0.0482. The number of aromatic nitrogens is 1. The highest BCUT2D eigenvalue weighted by Gasteiger charge is 2.20. The summed E-state index contributed by atoms with van der Waals surface area (Å²) in [6.07, 6.45) is 7.65. The third kappa shape index (κ3) is 5.65. The second-order valence-corrected chi connectivity index (χ2v) is 9.83. The summed E-state index contributed by atoms with van der Waals surface area (Å²) in [7, 11) is 2.22. The number of benzene rings is 2. The largest absolute Gasteiger partial charge is 0.351 e. The quantitative estimate of drug-likeness (QED) is 0.388. The Bertz CT molecular complexity index is 1010. The SMILES string of the molecule is CN(CCCNC(=O)c1[nH]c2ccccc2c1Sc1ccc(Cl)cc1)C1CCCCC1. The van der Waals surface area contributed by atoms with E-state index < -0.39 is 0 Å². The molecule has 0 atom stereocenters. The summed E-state index contributed by atoms with van der Waals surface area (Å²) in [4.78, 5) is 20.8. The molecule has 2 aromatic carbocycles. The van der Waals surface area contributed by atoms with Gasteiger partial charge in [-0.3, -0.25) is 4.79 Å². The second kappa shape index (κ2) is 10.6. The van der Waals surface area contributed by atoms with E-state index in [2.05, 4.69) is 28.3 Å². The summed E-state index contributed by atoms with van der Waals surface area (Å²) in [5.41, 5.74) is 1.60. The fourth-order valence-corrected chi connectivity index (χ4v) is 5.49. The first-order chi connectivity index (χ1) is 15.1. The van der Waals surface area contributed by atoms with E-state index in [1.807, 2.05) is 42.5 Å². The predicted octanol–water partition coefficient (Wildman–Crippen LogP) is 6.36. The van der Waals surface area contributed by atoms with Crippen LogP contribution in [0.15, 0.2) is 58.3 Å². The average molecular weight is 456 g/mol. The first-order valence-electron chi connectivity index (χ1n) is 11.1. The molecule has 1 heterocycles. The molecule has 6 heteroatoms. The molecule has 0 radical (unpaired) electrons. The Balaban J connectivity index is 1.40. The average Bonchev–Trinajstić information content (AvgIpc) is 3.17. The van der Waals surface area contributed by atoms with Crippen LogP contribution in [-0.4, -0.2) is 42.0 Å². The fourth-order valence-electron chi connectivity index (χ4n) is 4.33. The van der Waals surface area contributed by atoms with E-state index in [1.54, 1.807) is 11.8 Å². The monoisotopic (exact) mass is 455 g/mol. The molecule has 0 bridgehead atoms. The smallest absolute Gasteiger partial charge is 0.268 e. The first kappa shape index (κ1) is 22.3. The van der Waals surface area contributed by atoms with Crippen LogP contribution >= 0.6 is 23.4 Å². The summed E-state index contributed by atoms with van der Waals surface area (Å²) >= 11 is 7.62. The minimum Gasteiger partial charge on any atom is -0.351 e. The van der Waals surface area contributed by atoms with E-state index in [0.717, 1.165) is 33.7 Å². The normalized spacial score (nSPS) is 14.9. The maximum absolute atomic E-state index is 13.0. The van der Waals surface area contributed by atoms with Gasteiger partial charge in [0.25, 0.3) is 5.91 Å². The van der Waals surface area contributed by atoms with E-state index in [4.69, 9.17) is 11.6 Å². The first-order valence-corrected chi connectivity index (χ1v) is 12.3. The van der Waals surface area contributed by atoms with Gasteiger partial charge < -0.3 is 15.2 Å². The Morgan fingerprint density at radius 3 is 2.65 bits per heavy atom. The van der Waals surface area contributed by atoms with Gasteiger partial charge in [-0.25, -0.2) is 0 Å². The number of carbonyl (C=O) groups excluding carboxylic acids is 1. The van der Waals surface area contributed by atoms with Gasteiger partial charge in [0.15, 0.2) is 0 Å². The van der Waals surface area contributed by atoms with Gasteiger partial charge in [-0.15, -0.1) is 0 Å². The van der Waals surface area contributed by atoms with E-state index in [-0.39, 0.29) is 5.91 Å². The number of nitrogens with one attached hydrogen (secondary N) is 2. The Kier molecular flexibility index (Phi) is 7.59. The van der Waals surface area contributed by atoms with Crippen LogP contribution in [-0.2, 0) is 0 Å². The van der Waals surface area contributed by atoms with Crippen molar-refractivity contribution in [2.45, 2.75) is 54.4 Å². The van der Waals surface area contributed by atoms with Gasteiger partial charge in [-0.05, 0) is 63.2 Å². The number of rotatable bonds is 8. The van der Waals surface area contributed by atoms with E-state index in [0.29, 0.717) is 23.3 Å². The van der Waals surface area contributed by atoms with E-state index in [1.165, 1.54) is 32.1 Å². The van der Waals surface area contributed by atoms with Crippen LogP contribution in [0.2, 0.25) is 5.02 Å². The lowest BCUT2D eigenvalue weighted by Crippen LogP contribution is -2.36.